The largest absolute Gasteiger partial charge is 0.229 e. The standard InChI is InChI=1S/C19H34N.C2HN3/c1-3-5-6-7-8-9-10-11-12-13-14-19-15-17-20(4-2)18-16-19;3-1-5-2-4/h15-18H,3-14H2,1-2H3;5H/q+1;. The summed E-state index contributed by atoms with van der Waals surface area (Å²) in [7, 11) is 0. The molecule has 0 aliphatic carbocycles. The summed E-state index contributed by atoms with van der Waals surface area (Å²) in [5, 5.41) is 16.7. The fraction of sp³-hybridized carbons (Fsp3) is 0.667. The van der Waals surface area contributed by atoms with Gasteiger partial charge in [0.15, 0.2) is 24.8 Å². The average molecular weight is 344 g/mol. The third kappa shape index (κ3) is 15.2. The molecule has 0 fully saturated rings. The molecule has 0 saturated heterocycles. The molecular formula is C21H35N4+. The van der Waals surface area contributed by atoms with Crippen molar-refractivity contribution < 1.29 is 4.57 Å². The Bertz CT molecular complexity index is 470. The van der Waals surface area contributed by atoms with Gasteiger partial charge in [0.05, 0.1) is 0 Å². The Labute approximate surface area is 154 Å². The van der Waals surface area contributed by atoms with Gasteiger partial charge in [0, 0.05) is 12.1 Å². The fourth-order valence-electron chi connectivity index (χ4n) is 2.71. The number of aryl methyl sites for hydroxylation is 2. The lowest BCUT2D eigenvalue weighted by atomic mass is 10.0. The van der Waals surface area contributed by atoms with Crippen molar-refractivity contribution in [2.24, 2.45) is 0 Å². The molecule has 1 rings (SSSR count). The number of pyridine rings is 1. The lowest BCUT2D eigenvalue weighted by Crippen LogP contribution is -2.30. The first-order valence-corrected chi connectivity index (χ1v) is 9.79. The van der Waals surface area contributed by atoms with E-state index >= 15 is 0 Å². The van der Waals surface area contributed by atoms with Crippen molar-refractivity contribution in [1.29, 1.82) is 10.5 Å². The zero-order valence-corrected chi connectivity index (χ0v) is 16.1. The molecule has 0 aromatic carbocycles. The van der Waals surface area contributed by atoms with Crippen LogP contribution in [0.4, 0.5) is 0 Å². The van der Waals surface area contributed by atoms with Gasteiger partial charge in [-0.15, -0.1) is 0 Å². The van der Waals surface area contributed by atoms with Crippen molar-refractivity contribution in [2.45, 2.75) is 91.0 Å². The molecule has 1 heterocycles. The minimum absolute atomic E-state index is 1.07. The van der Waals surface area contributed by atoms with Crippen LogP contribution in [0.5, 0.6) is 0 Å². The van der Waals surface area contributed by atoms with E-state index in [-0.39, 0.29) is 0 Å². The number of unbranched alkanes of at least 4 members (excludes halogenated alkanes) is 9. The van der Waals surface area contributed by atoms with Crippen LogP contribution in [0.2, 0.25) is 0 Å². The third-order valence-corrected chi connectivity index (χ3v) is 4.26. The molecule has 0 atom stereocenters. The number of nitriles is 2. The van der Waals surface area contributed by atoms with Crippen LogP contribution in [0.25, 0.3) is 0 Å². The number of hydrogen-bond acceptors (Lipinski definition) is 3. The third-order valence-electron chi connectivity index (χ3n) is 4.26. The van der Waals surface area contributed by atoms with Crippen molar-refractivity contribution in [1.82, 2.24) is 5.32 Å². The van der Waals surface area contributed by atoms with Gasteiger partial charge in [0.2, 0.25) is 0 Å². The van der Waals surface area contributed by atoms with Crippen LogP contribution in [0.1, 0.15) is 83.6 Å². The van der Waals surface area contributed by atoms with Gasteiger partial charge in [-0.2, -0.15) is 10.5 Å². The molecule has 4 nitrogen and oxygen atoms in total. The predicted molar refractivity (Wildman–Crippen MR) is 102 cm³/mol. The predicted octanol–water partition coefficient (Wildman–Crippen LogP) is 5.00. The van der Waals surface area contributed by atoms with Crippen molar-refractivity contribution in [2.75, 3.05) is 0 Å². The van der Waals surface area contributed by atoms with E-state index in [2.05, 4.69) is 42.9 Å². The molecule has 0 saturated carbocycles. The summed E-state index contributed by atoms with van der Waals surface area (Å²) in [5.74, 6) is 0. The average Bonchev–Trinajstić information content (AvgIpc) is 2.65. The van der Waals surface area contributed by atoms with E-state index in [9.17, 15) is 0 Å². The van der Waals surface area contributed by atoms with Gasteiger partial charge >= 0.3 is 0 Å². The van der Waals surface area contributed by atoms with Crippen LogP contribution in [0, 0.1) is 22.9 Å². The van der Waals surface area contributed by atoms with Crippen LogP contribution in [-0.2, 0) is 13.0 Å². The lowest BCUT2D eigenvalue weighted by molar-refractivity contribution is -0.693. The first-order chi connectivity index (χ1) is 12.3. The first kappa shape index (κ1) is 22.9. The number of nitrogens with one attached hydrogen (secondary N) is 1. The number of hydrogen-bond donors (Lipinski definition) is 1. The smallest absolute Gasteiger partial charge is 0.190 e. The highest BCUT2D eigenvalue weighted by Crippen LogP contribution is 2.11. The van der Waals surface area contributed by atoms with Crippen molar-refractivity contribution >= 4 is 0 Å². The summed E-state index contributed by atoms with van der Waals surface area (Å²) in [4.78, 5) is 0. The molecule has 1 aromatic rings. The van der Waals surface area contributed by atoms with E-state index < -0.39 is 0 Å². The molecule has 138 valence electrons. The van der Waals surface area contributed by atoms with Gasteiger partial charge < -0.3 is 0 Å². The van der Waals surface area contributed by atoms with Crippen LogP contribution in [-0.4, -0.2) is 0 Å². The molecule has 1 aromatic heterocycles. The molecule has 0 amide bonds. The highest BCUT2D eigenvalue weighted by atomic mass is 14.9. The summed E-state index contributed by atoms with van der Waals surface area (Å²) < 4.78 is 2.22. The summed E-state index contributed by atoms with van der Waals surface area (Å²) in [5.41, 5.74) is 1.49. The van der Waals surface area contributed by atoms with E-state index in [0.29, 0.717) is 0 Å². The van der Waals surface area contributed by atoms with Crippen molar-refractivity contribution in [3.8, 4) is 12.4 Å². The highest BCUT2D eigenvalue weighted by Gasteiger charge is 1.98. The zero-order valence-electron chi connectivity index (χ0n) is 16.1. The quantitative estimate of drug-likeness (QED) is 0.251. The normalized spacial score (nSPS) is 9.44. The van der Waals surface area contributed by atoms with Crippen LogP contribution in [0.3, 0.4) is 0 Å². The maximum Gasteiger partial charge on any atom is 0.190 e. The van der Waals surface area contributed by atoms with E-state index in [1.165, 1.54) is 88.6 Å². The number of nitrogens with zero attached hydrogens (tertiary/aromatic N) is 3. The van der Waals surface area contributed by atoms with Gasteiger partial charge in [0.1, 0.15) is 6.54 Å². The molecule has 4 heteroatoms. The second kappa shape index (κ2) is 18.3. The molecule has 0 spiro atoms. The molecule has 25 heavy (non-hydrogen) atoms. The Hall–Kier alpha value is -2.07. The summed E-state index contributed by atoms with van der Waals surface area (Å²) in [6.07, 6.45) is 22.7. The summed E-state index contributed by atoms with van der Waals surface area (Å²) in [6, 6.07) is 4.55. The van der Waals surface area contributed by atoms with E-state index in [1.807, 2.05) is 0 Å². The second-order valence-corrected chi connectivity index (χ2v) is 6.32. The maximum absolute atomic E-state index is 7.48. The van der Waals surface area contributed by atoms with Gasteiger partial charge in [0.25, 0.3) is 0 Å². The highest BCUT2D eigenvalue weighted by molar-refractivity contribution is 5.07. The molecule has 0 aliphatic heterocycles. The monoisotopic (exact) mass is 343 g/mol. The fourth-order valence-corrected chi connectivity index (χ4v) is 2.71. The molecule has 0 bridgehead atoms. The topological polar surface area (TPSA) is 63.5 Å². The Balaban J connectivity index is 0.00000101. The van der Waals surface area contributed by atoms with Crippen molar-refractivity contribution in [3.63, 3.8) is 0 Å². The van der Waals surface area contributed by atoms with Gasteiger partial charge in [-0.05, 0) is 25.3 Å². The number of aromatic nitrogens is 1. The minimum Gasteiger partial charge on any atom is -0.229 e. The van der Waals surface area contributed by atoms with E-state index in [1.54, 1.807) is 5.32 Å². The zero-order chi connectivity index (χ0) is 18.6. The van der Waals surface area contributed by atoms with Gasteiger partial charge in [-0.3, -0.25) is 0 Å². The summed E-state index contributed by atoms with van der Waals surface area (Å²) >= 11 is 0. The van der Waals surface area contributed by atoms with Crippen LogP contribution in [0.15, 0.2) is 24.5 Å². The number of rotatable bonds is 12. The van der Waals surface area contributed by atoms with Crippen LogP contribution < -0.4 is 9.88 Å². The second-order valence-electron chi connectivity index (χ2n) is 6.32. The first-order valence-electron chi connectivity index (χ1n) is 9.79. The molecule has 0 unspecified atom stereocenters. The molecular weight excluding hydrogens is 308 g/mol. The molecule has 0 aliphatic rings. The Morgan fingerprint density at radius 3 is 1.68 bits per heavy atom. The summed E-state index contributed by atoms with van der Waals surface area (Å²) in [6.45, 7) is 5.54. The van der Waals surface area contributed by atoms with Gasteiger partial charge in [-0.1, -0.05) is 64.7 Å². The minimum atomic E-state index is 1.07. The molecule has 1 N–H and O–H groups in total. The SMILES string of the molecule is CCCCCCCCCCCCc1cc[n+](CC)cc1.N#CNC#N. The Kier molecular flexibility index (Phi) is 16.8. The Morgan fingerprint density at radius 2 is 1.28 bits per heavy atom. The van der Waals surface area contributed by atoms with E-state index in [4.69, 9.17) is 10.5 Å². The molecule has 0 radical (unpaired) electrons. The van der Waals surface area contributed by atoms with E-state index in [0.717, 1.165) is 6.54 Å². The Morgan fingerprint density at radius 1 is 0.800 bits per heavy atom. The van der Waals surface area contributed by atoms with Gasteiger partial charge in [-0.25, -0.2) is 9.88 Å². The van der Waals surface area contributed by atoms with Crippen molar-refractivity contribution in [3.05, 3.63) is 30.1 Å². The van der Waals surface area contributed by atoms with Crippen LogP contribution >= 0.6 is 0 Å². The maximum atomic E-state index is 7.48. The lowest BCUT2D eigenvalue weighted by Gasteiger charge is -2.03.